The summed E-state index contributed by atoms with van der Waals surface area (Å²) in [6.45, 7) is 0. The SMILES string of the molecule is [B]CC1CCC(C[B])CC1. The molecule has 4 radical (unpaired) electrons. The maximum atomic E-state index is 5.56. The lowest BCUT2D eigenvalue weighted by Crippen LogP contribution is -2.13. The molecule has 10 heavy (non-hydrogen) atoms. The minimum Gasteiger partial charge on any atom is -0.0859 e. The molecular weight excluding hydrogens is 118 g/mol. The van der Waals surface area contributed by atoms with Crippen LogP contribution in [0, 0.1) is 11.8 Å². The second kappa shape index (κ2) is 4.10. The first-order valence-electron chi connectivity index (χ1n) is 4.27. The molecule has 0 nitrogen and oxygen atoms in total. The van der Waals surface area contributed by atoms with E-state index < -0.39 is 0 Å². The predicted octanol–water partition coefficient (Wildman–Crippen LogP) is 1.97. The number of rotatable bonds is 2. The van der Waals surface area contributed by atoms with Crippen molar-refractivity contribution in [2.24, 2.45) is 11.8 Å². The number of hydrogen-bond donors (Lipinski definition) is 0. The molecule has 0 aromatic carbocycles. The van der Waals surface area contributed by atoms with Gasteiger partial charge in [-0.15, -0.1) is 0 Å². The summed E-state index contributed by atoms with van der Waals surface area (Å²) < 4.78 is 0. The summed E-state index contributed by atoms with van der Waals surface area (Å²) in [7, 11) is 11.1. The summed E-state index contributed by atoms with van der Waals surface area (Å²) in [4.78, 5) is 0. The van der Waals surface area contributed by atoms with Gasteiger partial charge in [-0.3, -0.25) is 0 Å². The van der Waals surface area contributed by atoms with E-state index in [0.717, 1.165) is 24.5 Å². The topological polar surface area (TPSA) is 0 Å². The van der Waals surface area contributed by atoms with Crippen LogP contribution in [0.4, 0.5) is 0 Å². The highest BCUT2D eigenvalue weighted by Crippen LogP contribution is 2.31. The maximum Gasteiger partial charge on any atom is 0.0656 e. The van der Waals surface area contributed by atoms with Gasteiger partial charge in [0.1, 0.15) is 0 Å². The fourth-order valence-electron chi connectivity index (χ4n) is 1.70. The lowest BCUT2D eigenvalue weighted by molar-refractivity contribution is 0.308. The van der Waals surface area contributed by atoms with Gasteiger partial charge in [0.05, 0.1) is 15.7 Å². The zero-order valence-corrected chi connectivity index (χ0v) is 6.55. The van der Waals surface area contributed by atoms with E-state index in [9.17, 15) is 0 Å². The van der Waals surface area contributed by atoms with Crippen LogP contribution in [0.5, 0.6) is 0 Å². The fraction of sp³-hybridized carbons (Fsp3) is 1.00. The lowest BCUT2D eigenvalue weighted by Gasteiger charge is -2.26. The molecule has 0 saturated heterocycles. The van der Waals surface area contributed by atoms with Crippen LogP contribution in [0.25, 0.3) is 0 Å². The van der Waals surface area contributed by atoms with Crippen LogP contribution in [0.2, 0.25) is 12.6 Å². The van der Waals surface area contributed by atoms with Crippen LogP contribution in [0.3, 0.4) is 0 Å². The Kier molecular flexibility index (Phi) is 3.37. The Morgan fingerprint density at radius 3 is 1.30 bits per heavy atom. The molecule has 1 fully saturated rings. The third-order valence-corrected chi connectivity index (χ3v) is 2.63. The van der Waals surface area contributed by atoms with Crippen molar-refractivity contribution in [3.05, 3.63) is 0 Å². The Morgan fingerprint density at radius 1 is 0.800 bits per heavy atom. The smallest absolute Gasteiger partial charge is 0.0656 e. The van der Waals surface area contributed by atoms with Crippen molar-refractivity contribution in [1.82, 2.24) is 0 Å². The zero-order chi connectivity index (χ0) is 7.40. The summed E-state index contributed by atoms with van der Waals surface area (Å²) in [6, 6.07) is 0. The molecule has 0 aromatic heterocycles. The molecule has 52 valence electrons. The highest BCUT2D eigenvalue weighted by Gasteiger charge is 2.17. The van der Waals surface area contributed by atoms with Crippen molar-refractivity contribution in [2.75, 3.05) is 0 Å². The first-order chi connectivity index (χ1) is 4.86. The Balaban J connectivity index is 2.17. The van der Waals surface area contributed by atoms with E-state index in [1.807, 2.05) is 0 Å². The predicted molar refractivity (Wildman–Crippen MR) is 46.6 cm³/mol. The minimum absolute atomic E-state index is 0.794. The van der Waals surface area contributed by atoms with E-state index in [-0.39, 0.29) is 0 Å². The molecule has 0 aliphatic heterocycles. The van der Waals surface area contributed by atoms with Crippen LogP contribution in [0.1, 0.15) is 25.7 Å². The highest BCUT2D eigenvalue weighted by atomic mass is 14.2. The van der Waals surface area contributed by atoms with Crippen molar-refractivity contribution in [2.45, 2.75) is 38.3 Å². The van der Waals surface area contributed by atoms with Gasteiger partial charge >= 0.3 is 0 Å². The van der Waals surface area contributed by atoms with Gasteiger partial charge in [-0.2, -0.15) is 0 Å². The molecule has 1 aliphatic rings. The van der Waals surface area contributed by atoms with Gasteiger partial charge in [-0.25, -0.2) is 0 Å². The van der Waals surface area contributed by atoms with E-state index in [1.54, 1.807) is 0 Å². The molecule has 0 N–H and O–H groups in total. The molecule has 0 aromatic rings. The van der Waals surface area contributed by atoms with Gasteiger partial charge in [0.15, 0.2) is 0 Å². The monoisotopic (exact) mass is 132 g/mol. The minimum atomic E-state index is 0.794. The van der Waals surface area contributed by atoms with Gasteiger partial charge in [-0.1, -0.05) is 38.3 Å². The van der Waals surface area contributed by atoms with Gasteiger partial charge in [0, 0.05) is 0 Å². The summed E-state index contributed by atoms with van der Waals surface area (Å²) in [5, 5.41) is 0. The molecule has 2 heteroatoms. The first kappa shape index (κ1) is 8.23. The largest absolute Gasteiger partial charge is 0.0859 e. The van der Waals surface area contributed by atoms with Crippen molar-refractivity contribution in [3.8, 4) is 0 Å². The van der Waals surface area contributed by atoms with Crippen molar-refractivity contribution in [3.63, 3.8) is 0 Å². The van der Waals surface area contributed by atoms with Gasteiger partial charge < -0.3 is 0 Å². The molecule has 1 saturated carbocycles. The standard InChI is InChI=1S/C8H14B2/c9-5-7-1-2-8(6-10)4-3-7/h7-8H,1-6H2. The molecule has 0 bridgehead atoms. The van der Waals surface area contributed by atoms with Gasteiger partial charge in [-0.05, 0) is 11.8 Å². The van der Waals surface area contributed by atoms with Crippen LogP contribution < -0.4 is 0 Å². The molecule has 0 spiro atoms. The Bertz CT molecular complexity index is 73.3. The Labute approximate surface area is 66.6 Å². The Morgan fingerprint density at radius 2 is 1.10 bits per heavy atom. The molecule has 0 amide bonds. The average molecular weight is 132 g/mol. The number of hydrogen-bond acceptors (Lipinski definition) is 0. The van der Waals surface area contributed by atoms with Crippen LogP contribution >= 0.6 is 0 Å². The van der Waals surface area contributed by atoms with Gasteiger partial charge in [0.25, 0.3) is 0 Å². The highest BCUT2D eigenvalue weighted by molar-refractivity contribution is 6.09. The van der Waals surface area contributed by atoms with Crippen molar-refractivity contribution >= 4 is 15.7 Å². The average Bonchev–Trinajstić information content (AvgIpc) is 2.05. The summed E-state index contributed by atoms with van der Waals surface area (Å²) in [5.74, 6) is 1.59. The Hall–Kier alpha value is 0.130. The zero-order valence-electron chi connectivity index (χ0n) is 6.55. The summed E-state index contributed by atoms with van der Waals surface area (Å²) in [6.07, 6.45) is 6.96. The van der Waals surface area contributed by atoms with Crippen molar-refractivity contribution in [1.29, 1.82) is 0 Å². The summed E-state index contributed by atoms with van der Waals surface area (Å²) in [5.41, 5.74) is 0. The molecule has 1 rings (SSSR count). The normalized spacial score (nSPS) is 34.0. The second-order valence-corrected chi connectivity index (χ2v) is 3.36. The van der Waals surface area contributed by atoms with Crippen LogP contribution in [-0.2, 0) is 0 Å². The van der Waals surface area contributed by atoms with Gasteiger partial charge in [0.2, 0.25) is 0 Å². The first-order valence-corrected chi connectivity index (χ1v) is 4.27. The van der Waals surface area contributed by atoms with E-state index in [2.05, 4.69) is 0 Å². The fourth-order valence-corrected chi connectivity index (χ4v) is 1.70. The van der Waals surface area contributed by atoms with Crippen LogP contribution in [-0.4, -0.2) is 15.7 Å². The van der Waals surface area contributed by atoms with Crippen LogP contribution in [0.15, 0.2) is 0 Å². The molecular formula is C8H14B2. The second-order valence-electron chi connectivity index (χ2n) is 3.36. The molecule has 1 aliphatic carbocycles. The van der Waals surface area contributed by atoms with E-state index >= 15 is 0 Å². The maximum absolute atomic E-state index is 5.56. The van der Waals surface area contributed by atoms with E-state index in [1.165, 1.54) is 25.7 Å². The van der Waals surface area contributed by atoms with Crippen molar-refractivity contribution < 1.29 is 0 Å². The van der Waals surface area contributed by atoms with E-state index in [4.69, 9.17) is 15.7 Å². The molecule has 0 heterocycles. The molecule has 0 atom stereocenters. The summed E-state index contributed by atoms with van der Waals surface area (Å²) >= 11 is 0. The lowest BCUT2D eigenvalue weighted by atomic mass is 9.73. The van der Waals surface area contributed by atoms with E-state index in [0.29, 0.717) is 0 Å². The quantitative estimate of drug-likeness (QED) is 0.503. The third kappa shape index (κ3) is 2.07. The molecule has 0 unspecified atom stereocenters. The third-order valence-electron chi connectivity index (χ3n) is 2.63.